The summed E-state index contributed by atoms with van der Waals surface area (Å²) in [5.41, 5.74) is 2.17. The van der Waals surface area contributed by atoms with Crippen molar-refractivity contribution in [1.82, 2.24) is 9.88 Å². The molecule has 0 aliphatic carbocycles. The Balaban J connectivity index is 0.984. The topological polar surface area (TPSA) is 64.1 Å². The van der Waals surface area contributed by atoms with Gasteiger partial charge >= 0.3 is 5.97 Å². The quantitative estimate of drug-likeness (QED) is 0.0755. The van der Waals surface area contributed by atoms with Crippen molar-refractivity contribution in [3.05, 3.63) is 60.0 Å². The summed E-state index contributed by atoms with van der Waals surface area (Å²) in [5, 5.41) is 4.57. The highest BCUT2D eigenvalue weighted by Gasteiger charge is 2.18. The number of fused-ring (bicyclic) bond motifs is 2. The Bertz CT molecular complexity index is 1420. The lowest BCUT2D eigenvalue weighted by Crippen LogP contribution is -2.46. The number of hydrogen-bond donors (Lipinski definition) is 0. The zero-order valence-electron chi connectivity index (χ0n) is 24.8. The second-order valence-corrected chi connectivity index (χ2v) is 11.9. The third-order valence-electron chi connectivity index (χ3n) is 7.87. The molecule has 0 radical (unpaired) electrons. The monoisotopic (exact) mass is 589 g/mol. The Hall–Kier alpha value is -3.36. The van der Waals surface area contributed by atoms with E-state index >= 15 is 0 Å². The molecular formula is C34H43N3O4S. The summed E-state index contributed by atoms with van der Waals surface area (Å²) < 4.78 is 18.2. The van der Waals surface area contributed by atoms with E-state index in [1.807, 2.05) is 35.6 Å². The molecule has 0 spiro atoms. The average molecular weight is 590 g/mol. The highest BCUT2D eigenvalue weighted by molar-refractivity contribution is 7.17. The van der Waals surface area contributed by atoms with Crippen molar-refractivity contribution in [3.63, 3.8) is 0 Å². The van der Waals surface area contributed by atoms with Crippen LogP contribution in [0.25, 0.3) is 21.0 Å². The van der Waals surface area contributed by atoms with Gasteiger partial charge in [0.05, 0.1) is 12.1 Å². The van der Waals surface area contributed by atoms with Crippen molar-refractivity contribution in [2.75, 3.05) is 51.0 Å². The molecule has 0 saturated carbocycles. The minimum Gasteiger partial charge on any atom is -0.494 e. The number of esters is 1. The molecule has 0 amide bonds. The fourth-order valence-electron chi connectivity index (χ4n) is 5.44. The minimum atomic E-state index is -0.225. The first-order valence-electron chi connectivity index (χ1n) is 15.4. The van der Waals surface area contributed by atoms with E-state index in [9.17, 15) is 4.79 Å². The Morgan fingerprint density at radius 1 is 0.905 bits per heavy atom. The smallest absolute Gasteiger partial charge is 0.308 e. The predicted molar refractivity (Wildman–Crippen MR) is 172 cm³/mol. The van der Waals surface area contributed by atoms with Gasteiger partial charge in [-0.25, -0.2) is 4.98 Å². The van der Waals surface area contributed by atoms with Gasteiger partial charge in [0.25, 0.3) is 0 Å². The van der Waals surface area contributed by atoms with Crippen molar-refractivity contribution in [1.29, 1.82) is 0 Å². The van der Waals surface area contributed by atoms with E-state index in [1.54, 1.807) is 6.07 Å². The Labute approximate surface area is 253 Å². The largest absolute Gasteiger partial charge is 0.494 e. The molecule has 8 heteroatoms. The molecule has 0 N–H and O–H groups in total. The van der Waals surface area contributed by atoms with Gasteiger partial charge in [0.1, 0.15) is 5.75 Å². The molecule has 42 heavy (non-hydrogen) atoms. The maximum absolute atomic E-state index is 11.9. The molecule has 0 atom stereocenters. The molecule has 0 unspecified atom stereocenters. The summed E-state index contributed by atoms with van der Waals surface area (Å²) >= 11 is 1.82. The number of rotatable bonds is 16. The molecular weight excluding hydrogens is 546 g/mol. The van der Waals surface area contributed by atoms with Crippen LogP contribution in [0.4, 0.5) is 5.69 Å². The summed E-state index contributed by atoms with van der Waals surface area (Å²) in [7, 11) is 0. The van der Waals surface area contributed by atoms with Crippen LogP contribution in [-0.4, -0.2) is 62.0 Å². The van der Waals surface area contributed by atoms with Crippen molar-refractivity contribution < 1.29 is 19.0 Å². The summed E-state index contributed by atoms with van der Waals surface area (Å²) in [5.74, 6) is 1.01. The zero-order valence-corrected chi connectivity index (χ0v) is 25.6. The number of carbonyl (C=O) groups excluding carboxylic acids is 1. The number of carbonyl (C=O) groups is 1. The number of benzene rings is 2. The van der Waals surface area contributed by atoms with E-state index in [2.05, 4.69) is 51.4 Å². The first kappa shape index (κ1) is 30.1. The van der Waals surface area contributed by atoms with Crippen molar-refractivity contribution in [2.24, 2.45) is 0 Å². The first-order chi connectivity index (χ1) is 20.7. The molecule has 1 fully saturated rings. The minimum absolute atomic E-state index is 0.123. The van der Waals surface area contributed by atoms with Crippen LogP contribution in [0.3, 0.4) is 0 Å². The number of piperazine rings is 1. The van der Waals surface area contributed by atoms with Gasteiger partial charge < -0.3 is 19.1 Å². The summed E-state index contributed by atoms with van der Waals surface area (Å²) in [6, 6.07) is 18.6. The lowest BCUT2D eigenvalue weighted by Gasteiger charge is -2.36. The molecule has 1 aliphatic heterocycles. The highest BCUT2D eigenvalue weighted by atomic mass is 32.1. The third-order valence-corrected chi connectivity index (χ3v) is 8.75. The zero-order chi connectivity index (χ0) is 29.0. The molecule has 1 saturated heterocycles. The maximum atomic E-state index is 11.9. The normalized spacial score (nSPS) is 14.0. The Morgan fingerprint density at radius 3 is 2.64 bits per heavy atom. The van der Waals surface area contributed by atoms with E-state index in [1.165, 1.54) is 35.0 Å². The van der Waals surface area contributed by atoms with Crippen LogP contribution in [0.15, 0.2) is 60.0 Å². The molecule has 5 rings (SSSR count). The van der Waals surface area contributed by atoms with Gasteiger partial charge in [-0.15, -0.1) is 11.3 Å². The van der Waals surface area contributed by atoms with Gasteiger partial charge in [0.15, 0.2) is 0 Å². The number of anilines is 1. The number of pyridine rings is 1. The van der Waals surface area contributed by atoms with Crippen LogP contribution in [0.1, 0.15) is 58.3 Å². The molecule has 3 heterocycles. The molecule has 7 nitrogen and oxygen atoms in total. The van der Waals surface area contributed by atoms with E-state index in [0.29, 0.717) is 18.9 Å². The maximum Gasteiger partial charge on any atom is 0.308 e. The lowest BCUT2D eigenvalue weighted by molar-refractivity contribution is -0.150. The number of thiophene rings is 1. The van der Waals surface area contributed by atoms with Crippen LogP contribution in [0, 0.1) is 0 Å². The molecule has 4 aromatic rings. The SMILES string of the molecule is CCCCCCCC(=O)OCOc1ccc2ccc(OCCCCN3CCN(c4cccc5sccc45)CC3)cc2n1. The predicted octanol–water partition coefficient (Wildman–Crippen LogP) is 7.67. The van der Waals surface area contributed by atoms with Crippen molar-refractivity contribution >= 4 is 44.0 Å². The van der Waals surface area contributed by atoms with E-state index < -0.39 is 0 Å². The molecule has 0 bridgehead atoms. The number of ether oxygens (including phenoxy) is 3. The first-order valence-corrected chi connectivity index (χ1v) is 16.3. The number of aromatic nitrogens is 1. The van der Waals surface area contributed by atoms with E-state index in [-0.39, 0.29) is 12.8 Å². The summed E-state index contributed by atoms with van der Waals surface area (Å²) in [6.07, 6.45) is 8.05. The lowest BCUT2D eigenvalue weighted by atomic mass is 10.1. The van der Waals surface area contributed by atoms with Crippen LogP contribution in [-0.2, 0) is 9.53 Å². The number of unbranched alkanes of at least 4 members (excludes halogenated alkanes) is 5. The highest BCUT2D eigenvalue weighted by Crippen LogP contribution is 2.31. The average Bonchev–Trinajstić information content (AvgIpc) is 3.50. The van der Waals surface area contributed by atoms with Gasteiger partial charge in [-0.1, -0.05) is 38.7 Å². The number of hydrogen-bond acceptors (Lipinski definition) is 8. The third kappa shape index (κ3) is 8.58. The van der Waals surface area contributed by atoms with E-state index in [4.69, 9.17) is 14.2 Å². The van der Waals surface area contributed by atoms with Crippen molar-refractivity contribution in [2.45, 2.75) is 58.3 Å². The van der Waals surface area contributed by atoms with Gasteiger partial charge in [-0.2, -0.15) is 0 Å². The van der Waals surface area contributed by atoms with Crippen LogP contribution in [0.2, 0.25) is 0 Å². The second-order valence-electron chi connectivity index (χ2n) is 10.9. The fraction of sp³-hybridized carbons (Fsp3) is 0.471. The molecule has 2 aromatic carbocycles. The molecule has 224 valence electrons. The summed E-state index contributed by atoms with van der Waals surface area (Å²) in [6.45, 7) is 8.17. The Morgan fingerprint density at radius 2 is 1.76 bits per heavy atom. The van der Waals surface area contributed by atoms with Crippen LogP contribution in [0.5, 0.6) is 11.6 Å². The summed E-state index contributed by atoms with van der Waals surface area (Å²) in [4.78, 5) is 21.6. The molecule has 2 aromatic heterocycles. The van der Waals surface area contributed by atoms with Gasteiger partial charge in [-0.05, 0) is 67.6 Å². The Kier molecular flexibility index (Phi) is 11.3. The fourth-order valence-corrected chi connectivity index (χ4v) is 6.25. The van der Waals surface area contributed by atoms with Crippen molar-refractivity contribution in [3.8, 4) is 11.6 Å². The van der Waals surface area contributed by atoms with E-state index in [0.717, 1.165) is 75.1 Å². The molecule has 1 aliphatic rings. The van der Waals surface area contributed by atoms with Gasteiger partial charge in [0, 0.05) is 65.9 Å². The van der Waals surface area contributed by atoms with Gasteiger partial charge in [0.2, 0.25) is 12.7 Å². The number of nitrogens with zero attached hydrogens (tertiary/aromatic N) is 3. The van der Waals surface area contributed by atoms with Crippen LogP contribution >= 0.6 is 11.3 Å². The van der Waals surface area contributed by atoms with Gasteiger partial charge in [-0.3, -0.25) is 9.69 Å². The standard InChI is InChI=1S/C34H43N3O4S/c1-2-3-4-5-6-12-34(38)41-26-40-33-16-14-27-13-15-28(25-30(27)35-33)39-23-8-7-18-36-19-21-37(22-20-36)31-10-9-11-32-29(31)17-24-42-32/h9-11,13-17,24-25H,2-8,12,18-23,26H2,1H3. The van der Waals surface area contributed by atoms with Crippen LogP contribution < -0.4 is 14.4 Å². The second kappa shape index (κ2) is 15.8.